The number of para-hydroxylation sites is 1. The maximum atomic E-state index is 4.37. The molecule has 1 aromatic carbocycles. The minimum absolute atomic E-state index is 0.489. The molecule has 2 heterocycles. The second-order valence-corrected chi connectivity index (χ2v) is 3.45. The average molecular weight is 223 g/mol. The van der Waals surface area contributed by atoms with Crippen molar-refractivity contribution in [1.29, 1.82) is 0 Å². The molecule has 0 fully saturated rings. The van der Waals surface area contributed by atoms with Crippen LogP contribution in [0.4, 0.5) is 11.9 Å². The van der Waals surface area contributed by atoms with Gasteiger partial charge in [-0.3, -0.25) is 5.32 Å². The lowest BCUT2D eigenvalue weighted by Gasteiger charge is -2.03. The maximum absolute atomic E-state index is 4.37. The van der Waals surface area contributed by atoms with Crippen molar-refractivity contribution in [3.05, 3.63) is 48.9 Å². The summed E-state index contributed by atoms with van der Waals surface area (Å²) in [4.78, 5) is 16.7. The fraction of sp³-hybridized carbons (Fsp3) is 0. The molecule has 5 heteroatoms. The molecule has 5 nitrogen and oxygen atoms in total. The van der Waals surface area contributed by atoms with Crippen molar-refractivity contribution >= 4 is 22.8 Å². The summed E-state index contributed by atoms with van der Waals surface area (Å²) in [7, 11) is 0. The Balaban J connectivity index is 1.96. The van der Waals surface area contributed by atoms with Crippen LogP contribution in [-0.4, -0.2) is 19.9 Å². The smallest absolute Gasteiger partial charge is 0.230 e. The molecular weight excluding hydrogens is 214 g/mol. The van der Waals surface area contributed by atoms with Crippen LogP contribution in [0.15, 0.2) is 48.9 Å². The number of nitrogens with zero attached hydrogens (tertiary/aromatic N) is 4. The Labute approximate surface area is 97.6 Å². The van der Waals surface area contributed by atoms with E-state index in [1.165, 1.54) is 0 Å². The highest BCUT2D eigenvalue weighted by molar-refractivity contribution is 5.78. The number of anilines is 2. The molecule has 0 radical (unpaired) electrons. The topological polar surface area (TPSA) is 63.6 Å². The van der Waals surface area contributed by atoms with Gasteiger partial charge in [0.2, 0.25) is 11.9 Å². The molecule has 0 aliphatic heterocycles. The minimum atomic E-state index is 0.489. The number of benzene rings is 1. The number of aromatic nitrogens is 4. The lowest BCUT2D eigenvalue weighted by molar-refractivity contribution is 1.12. The van der Waals surface area contributed by atoms with Gasteiger partial charge in [-0.05, 0) is 12.1 Å². The van der Waals surface area contributed by atoms with Gasteiger partial charge in [-0.25, -0.2) is 19.9 Å². The van der Waals surface area contributed by atoms with Crippen LogP contribution in [0.2, 0.25) is 0 Å². The van der Waals surface area contributed by atoms with Gasteiger partial charge >= 0.3 is 0 Å². The van der Waals surface area contributed by atoms with Crippen molar-refractivity contribution in [3.63, 3.8) is 0 Å². The number of fused-ring (bicyclic) bond motifs is 1. The fourth-order valence-electron chi connectivity index (χ4n) is 1.50. The molecule has 0 atom stereocenters. The predicted octanol–water partition coefficient (Wildman–Crippen LogP) is 2.16. The van der Waals surface area contributed by atoms with E-state index in [2.05, 4.69) is 25.3 Å². The Kier molecular flexibility index (Phi) is 2.34. The second-order valence-electron chi connectivity index (χ2n) is 3.45. The van der Waals surface area contributed by atoms with Crippen molar-refractivity contribution in [2.45, 2.75) is 0 Å². The summed E-state index contributed by atoms with van der Waals surface area (Å²) < 4.78 is 0. The largest absolute Gasteiger partial charge is 0.293 e. The Morgan fingerprint density at radius 1 is 0.824 bits per heavy atom. The van der Waals surface area contributed by atoms with E-state index in [0.29, 0.717) is 11.9 Å². The van der Waals surface area contributed by atoms with Crippen LogP contribution >= 0.6 is 0 Å². The molecule has 0 unspecified atom stereocenters. The number of hydrogen-bond donors (Lipinski definition) is 1. The van der Waals surface area contributed by atoms with Crippen molar-refractivity contribution in [2.75, 3.05) is 5.32 Å². The predicted molar refractivity (Wildman–Crippen MR) is 64.9 cm³/mol. The molecule has 82 valence electrons. The summed E-state index contributed by atoms with van der Waals surface area (Å²) in [5, 5.41) is 3.96. The van der Waals surface area contributed by atoms with E-state index < -0.39 is 0 Å². The van der Waals surface area contributed by atoms with Crippen molar-refractivity contribution in [3.8, 4) is 0 Å². The molecule has 17 heavy (non-hydrogen) atoms. The van der Waals surface area contributed by atoms with Crippen molar-refractivity contribution in [1.82, 2.24) is 19.9 Å². The molecular formula is C12H9N5. The quantitative estimate of drug-likeness (QED) is 0.721. The van der Waals surface area contributed by atoms with Gasteiger partial charge in [0.25, 0.3) is 0 Å². The highest BCUT2D eigenvalue weighted by Crippen LogP contribution is 2.13. The molecule has 0 spiro atoms. The number of hydrogen-bond acceptors (Lipinski definition) is 5. The highest BCUT2D eigenvalue weighted by Gasteiger charge is 2.00. The first kappa shape index (κ1) is 9.65. The molecule has 0 aliphatic carbocycles. The van der Waals surface area contributed by atoms with Crippen LogP contribution in [0.5, 0.6) is 0 Å². The SMILES string of the molecule is c1cnc(Nc2ncc3ccccc3n2)nc1. The van der Waals surface area contributed by atoms with E-state index in [-0.39, 0.29) is 0 Å². The molecule has 1 N–H and O–H groups in total. The summed E-state index contributed by atoms with van der Waals surface area (Å²) >= 11 is 0. The van der Waals surface area contributed by atoms with Gasteiger partial charge in [0.1, 0.15) is 0 Å². The Morgan fingerprint density at radius 2 is 1.65 bits per heavy atom. The maximum Gasteiger partial charge on any atom is 0.230 e. The second kappa shape index (κ2) is 4.13. The Morgan fingerprint density at radius 3 is 2.53 bits per heavy atom. The average Bonchev–Trinajstić information content (AvgIpc) is 2.40. The molecule has 3 aromatic rings. The van der Waals surface area contributed by atoms with Gasteiger partial charge in [0.15, 0.2) is 0 Å². The molecule has 0 amide bonds. The van der Waals surface area contributed by atoms with Crippen molar-refractivity contribution in [2.24, 2.45) is 0 Å². The summed E-state index contributed by atoms with van der Waals surface area (Å²) in [6, 6.07) is 9.57. The fourth-order valence-corrected chi connectivity index (χ4v) is 1.50. The Hall–Kier alpha value is -2.56. The Bertz CT molecular complexity index is 638. The normalized spacial score (nSPS) is 10.4. The zero-order valence-electron chi connectivity index (χ0n) is 8.91. The van der Waals surface area contributed by atoms with E-state index in [1.54, 1.807) is 24.7 Å². The zero-order chi connectivity index (χ0) is 11.5. The van der Waals surface area contributed by atoms with Gasteiger partial charge in [-0.2, -0.15) is 0 Å². The lowest BCUT2D eigenvalue weighted by Crippen LogP contribution is -2.00. The molecule has 0 bridgehead atoms. The van der Waals surface area contributed by atoms with Crippen LogP contribution in [0.1, 0.15) is 0 Å². The third-order valence-electron chi connectivity index (χ3n) is 2.28. The van der Waals surface area contributed by atoms with E-state index in [4.69, 9.17) is 0 Å². The van der Waals surface area contributed by atoms with E-state index >= 15 is 0 Å². The molecule has 0 aliphatic rings. The van der Waals surface area contributed by atoms with E-state index in [1.807, 2.05) is 24.3 Å². The number of nitrogens with one attached hydrogen (secondary N) is 1. The number of rotatable bonds is 2. The first-order valence-corrected chi connectivity index (χ1v) is 5.18. The van der Waals surface area contributed by atoms with Gasteiger partial charge in [0.05, 0.1) is 5.52 Å². The van der Waals surface area contributed by atoms with Crippen molar-refractivity contribution < 1.29 is 0 Å². The van der Waals surface area contributed by atoms with Crippen LogP contribution in [0.25, 0.3) is 10.9 Å². The molecule has 3 rings (SSSR count). The van der Waals surface area contributed by atoms with Crippen LogP contribution in [-0.2, 0) is 0 Å². The standard InChI is InChI=1S/C12H9N5/c1-2-5-10-9(4-1)8-15-12(16-10)17-11-13-6-3-7-14-11/h1-8H,(H,13,14,15,16,17). The molecule has 2 aromatic heterocycles. The first-order chi connectivity index (χ1) is 8.42. The monoisotopic (exact) mass is 223 g/mol. The van der Waals surface area contributed by atoms with Crippen LogP contribution in [0.3, 0.4) is 0 Å². The summed E-state index contributed by atoms with van der Waals surface area (Å²) in [6.45, 7) is 0. The van der Waals surface area contributed by atoms with Gasteiger partial charge < -0.3 is 0 Å². The first-order valence-electron chi connectivity index (χ1n) is 5.18. The van der Waals surface area contributed by atoms with E-state index in [0.717, 1.165) is 10.9 Å². The van der Waals surface area contributed by atoms with Crippen LogP contribution < -0.4 is 5.32 Å². The summed E-state index contributed by atoms with van der Waals surface area (Å²) in [5.41, 5.74) is 0.890. The third kappa shape index (κ3) is 2.03. The zero-order valence-corrected chi connectivity index (χ0v) is 8.91. The van der Waals surface area contributed by atoms with Gasteiger partial charge in [-0.15, -0.1) is 0 Å². The molecule has 0 saturated carbocycles. The highest BCUT2D eigenvalue weighted by atomic mass is 15.2. The minimum Gasteiger partial charge on any atom is -0.293 e. The lowest BCUT2D eigenvalue weighted by atomic mass is 10.2. The van der Waals surface area contributed by atoms with Gasteiger partial charge in [-0.1, -0.05) is 18.2 Å². The molecule has 0 saturated heterocycles. The van der Waals surface area contributed by atoms with Crippen LogP contribution in [0, 0.1) is 0 Å². The summed E-state index contributed by atoms with van der Waals surface area (Å²) in [6.07, 6.45) is 5.10. The van der Waals surface area contributed by atoms with Gasteiger partial charge in [0, 0.05) is 24.0 Å². The summed E-state index contributed by atoms with van der Waals surface area (Å²) in [5.74, 6) is 0.984. The third-order valence-corrected chi connectivity index (χ3v) is 2.28. The van der Waals surface area contributed by atoms with E-state index in [9.17, 15) is 0 Å².